The van der Waals surface area contributed by atoms with E-state index in [1.165, 1.54) is 11.1 Å². The van der Waals surface area contributed by atoms with E-state index in [0.717, 1.165) is 18.0 Å². The summed E-state index contributed by atoms with van der Waals surface area (Å²) in [6, 6.07) is 12.3. The maximum Gasteiger partial charge on any atom is 0.0894 e. The van der Waals surface area contributed by atoms with E-state index in [1.807, 2.05) is 31.2 Å². The summed E-state index contributed by atoms with van der Waals surface area (Å²) in [5.74, 6) is 0. The molecule has 2 N–H and O–H groups in total. The minimum atomic E-state index is -0.416. The molecule has 0 aliphatic heterocycles. The molecular formula is C17H23NO2S. The van der Waals surface area contributed by atoms with Gasteiger partial charge in [-0.3, -0.25) is 4.90 Å². The quantitative estimate of drug-likeness (QED) is 0.788. The van der Waals surface area contributed by atoms with Crippen LogP contribution in [-0.2, 0) is 6.54 Å². The second-order valence-electron chi connectivity index (χ2n) is 5.32. The lowest BCUT2D eigenvalue weighted by Gasteiger charge is -2.22. The Labute approximate surface area is 130 Å². The average Bonchev–Trinajstić information content (AvgIpc) is 2.92. The second kappa shape index (κ2) is 8.29. The van der Waals surface area contributed by atoms with E-state index in [-0.39, 0.29) is 6.61 Å². The van der Waals surface area contributed by atoms with Gasteiger partial charge in [0.25, 0.3) is 0 Å². The lowest BCUT2D eigenvalue weighted by Crippen LogP contribution is -2.28. The molecule has 2 rings (SSSR count). The molecule has 1 heterocycles. The molecule has 1 aromatic heterocycles. The zero-order valence-electron chi connectivity index (χ0n) is 12.4. The van der Waals surface area contributed by atoms with Crippen LogP contribution in [0, 0.1) is 6.92 Å². The largest absolute Gasteiger partial charge is 0.395 e. The first kappa shape index (κ1) is 16.2. The molecule has 0 amide bonds. The van der Waals surface area contributed by atoms with Crippen molar-refractivity contribution < 1.29 is 10.2 Å². The first-order chi connectivity index (χ1) is 10.2. The monoisotopic (exact) mass is 305 g/mol. The highest BCUT2D eigenvalue weighted by Crippen LogP contribution is 2.24. The van der Waals surface area contributed by atoms with E-state index >= 15 is 0 Å². The fourth-order valence-electron chi connectivity index (χ4n) is 2.33. The maximum absolute atomic E-state index is 10.2. The summed E-state index contributed by atoms with van der Waals surface area (Å²) < 4.78 is 0. The molecule has 0 saturated carbocycles. The van der Waals surface area contributed by atoms with Gasteiger partial charge in [0.15, 0.2) is 0 Å². The third kappa shape index (κ3) is 5.25. The van der Waals surface area contributed by atoms with Crippen molar-refractivity contribution in [1.29, 1.82) is 0 Å². The first-order valence-corrected chi connectivity index (χ1v) is 8.17. The van der Waals surface area contributed by atoms with Gasteiger partial charge in [-0.1, -0.05) is 30.3 Å². The van der Waals surface area contributed by atoms with Crippen molar-refractivity contribution in [3.63, 3.8) is 0 Å². The fourth-order valence-corrected chi connectivity index (χ4v) is 3.25. The molecule has 2 aromatic rings. The highest BCUT2D eigenvalue weighted by molar-refractivity contribution is 7.10. The molecular weight excluding hydrogens is 282 g/mol. The van der Waals surface area contributed by atoms with E-state index in [4.69, 9.17) is 0 Å². The second-order valence-corrected chi connectivity index (χ2v) is 6.26. The fraction of sp³-hybridized carbons (Fsp3) is 0.412. The smallest absolute Gasteiger partial charge is 0.0894 e. The van der Waals surface area contributed by atoms with Crippen molar-refractivity contribution in [2.75, 3.05) is 19.7 Å². The zero-order chi connectivity index (χ0) is 15.1. The third-order valence-electron chi connectivity index (χ3n) is 3.46. The van der Waals surface area contributed by atoms with Gasteiger partial charge < -0.3 is 10.2 Å². The molecule has 1 unspecified atom stereocenters. The van der Waals surface area contributed by atoms with Crippen LogP contribution in [0.4, 0.5) is 0 Å². The number of hydrogen-bond donors (Lipinski definition) is 2. The van der Waals surface area contributed by atoms with Gasteiger partial charge in [-0.2, -0.15) is 0 Å². The molecule has 1 atom stereocenters. The van der Waals surface area contributed by atoms with Gasteiger partial charge >= 0.3 is 0 Å². The zero-order valence-corrected chi connectivity index (χ0v) is 13.2. The predicted octanol–water partition coefficient (Wildman–Crippen LogP) is 2.97. The molecule has 1 aromatic carbocycles. The number of aliphatic hydroxyl groups is 2. The number of aliphatic hydroxyl groups excluding tert-OH is 2. The van der Waals surface area contributed by atoms with E-state index in [1.54, 1.807) is 11.3 Å². The SMILES string of the molecule is Cc1csc(C(O)CCN(CCO)Cc2ccccc2)c1. The van der Waals surface area contributed by atoms with Crippen LogP contribution in [-0.4, -0.2) is 34.8 Å². The summed E-state index contributed by atoms with van der Waals surface area (Å²) in [5, 5.41) is 21.5. The van der Waals surface area contributed by atoms with Crippen LogP contribution < -0.4 is 0 Å². The van der Waals surface area contributed by atoms with Gasteiger partial charge in [-0.25, -0.2) is 0 Å². The Hall–Kier alpha value is -1.20. The average molecular weight is 305 g/mol. The highest BCUT2D eigenvalue weighted by atomic mass is 32.1. The molecule has 0 aliphatic rings. The van der Waals surface area contributed by atoms with Gasteiger partial charge in [0.05, 0.1) is 12.7 Å². The van der Waals surface area contributed by atoms with E-state index in [2.05, 4.69) is 22.4 Å². The van der Waals surface area contributed by atoms with Crippen molar-refractivity contribution in [3.8, 4) is 0 Å². The Morgan fingerprint density at radius 1 is 1.19 bits per heavy atom. The minimum absolute atomic E-state index is 0.140. The van der Waals surface area contributed by atoms with Crippen molar-refractivity contribution in [1.82, 2.24) is 4.90 Å². The summed E-state index contributed by atoms with van der Waals surface area (Å²) in [6.45, 7) is 4.39. The summed E-state index contributed by atoms with van der Waals surface area (Å²) >= 11 is 1.61. The number of nitrogens with zero attached hydrogens (tertiary/aromatic N) is 1. The van der Waals surface area contributed by atoms with Gasteiger partial charge in [-0.15, -0.1) is 11.3 Å². The molecule has 0 aliphatic carbocycles. The molecule has 4 heteroatoms. The van der Waals surface area contributed by atoms with Gasteiger partial charge in [-0.05, 0) is 35.9 Å². The van der Waals surface area contributed by atoms with Crippen LogP contribution >= 0.6 is 11.3 Å². The summed E-state index contributed by atoms with van der Waals surface area (Å²) in [7, 11) is 0. The molecule has 0 fully saturated rings. The number of hydrogen-bond acceptors (Lipinski definition) is 4. The molecule has 0 spiro atoms. The molecule has 3 nitrogen and oxygen atoms in total. The van der Waals surface area contributed by atoms with Crippen LogP contribution in [0.15, 0.2) is 41.8 Å². The summed E-state index contributed by atoms with van der Waals surface area (Å²) in [6.07, 6.45) is 0.271. The Kier molecular flexibility index (Phi) is 6.39. The normalized spacial score (nSPS) is 12.8. The standard InChI is InChI=1S/C17H23NO2S/c1-14-11-17(21-13-14)16(20)7-8-18(9-10-19)12-15-5-3-2-4-6-15/h2-6,11,13,16,19-20H,7-10,12H2,1H3. The van der Waals surface area contributed by atoms with Crippen LogP contribution in [0.3, 0.4) is 0 Å². The highest BCUT2D eigenvalue weighted by Gasteiger charge is 2.12. The van der Waals surface area contributed by atoms with Crippen LogP contribution in [0.1, 0.15) is 28.5 Å². The molecule has 0 bridgehead atoms. The lowest BCUT2D eigenvalue weighted by molar-refractivity contribution is 0.130. The maximum atomic E-state index is 10.2. The Morgan fingerprint density at radius 3 is 2.57 bits per heavy atom. The predicted molar refractivity (Wildman–Crippen MR) is 87.4 cm³/mol. The van der Waals surface area contributed by atoms with Gasteiger partial charge in [0.1, 0.15) is 0 Å². The van der Waals surface area contributed by atoms with Crippen molar-refractivity contribution in [3.05, 3.63) is 57.8 Å². The topological polar surface area (TPSA) is 43.7 Å². The number of thiophene rings is 1. The Balaban J connectivity index is 1.87. The van der Waals surface area contributed by atoms with Gasteiger partial charge in [0.2, 0.25) is 0 Å². The molecule has 114 valence electrons. The Morgan fingerprint density at radius 2 is 1.95 bits per heavy atom. The molecule has 0 radical (unpaired) electrons. The van der Waals surface area contributed by atoms with Gasteiger partial charge in [0, 0.05) is 24.5 Å². The number of benzene rings is 1. The Bertz CT molecular complexity index is 527. The molecule has 0 saturated heterocycles. The van der Waals surface area contributed by atoms with Crippen molar-refractivity contribution in [2.45, 2.75) is 26.0 Å². The first-order valence-electron chi connectivity index (χ1n) is 7.29. The van der Waals surface area contributed by atoms with E-state index in [9.17, 15) is 10.2 Å². The minimum Gasteiger partial charge on any atom is -0.395 e. The van der Waals surface area contributed by atoms with E-state index in [0.29, 0.717) is 13.0 Å². The lowest BCUT2D eigenvalue weighted by atomic mass is 10.1. The summed E-state index contributed by atoms with van der Waals surface area (Å²) in [4.78, 5) is 3.20. The van der Waals surface area contributed by atoms with Crippen molar-refractivity contribution >= 4 is 11.3 Å². The third-order valence-corrected chi connectivity index (χ3v) is 4.61. The van der Waals surface area contributed by atoms with Crippen molar-refractivity contribution in [2.24, 2.45) is 0 Å². The van der Waals surface area contributed by atoms with Crippen LogP contribution in [0.5, 0.6) is 0 Å². The number of rotatable bonds is 8. The van der Waals surface area contributed by atoms with E-state index < -0.39 is 6.10 Å². The van der Waals surface area contributed by atoms with Crippen LogP contribution in [0.25, 0.3) is 0 Å². The summed E-state index contributed by atoms with van der Waals surface area (Å²) in [5.41, 5.74) is 2.43. The molecule has 21 heavy (non-hydrogen) atoms. The number of aryl methyl sites for hydroxylation is 1. The van der Waals surface area contributed by atoms with Crippen LogP contribution in [0.2, 0.25) is 0 Å².